The van der Waals surface area contributed by atoms with Crippen molar-refractivity contribution in [3.63, 3.8) is 0 Å². The Balaban J connectivity index is 2.01. The molecule has 0 bridgehead atoms. The van der Waals surface area contributed by atoms with Crippen molar-refractivity contribution in [1.29, 1.82) is 0 Å². The number of Topliss-reactive ketones (excluding diaryl/α,β-unsaturated/α-hetero) is 2. The number of benzene rings is 1. The summed E-state index contributed by atoms with van der Waals surface area (Å²) in [5.74, 6) is -1.30. The molecule has 0 saturated heterocycles. The van der Waals surface area contributed by atoms with Gasteiger partial charge in [-0.25, -0.2) is 0 Å². The molecule has 5 heteroatoms. The first-order valence-electron chi connectivity index (χ1n) is 7.97. The predicted octanol–water partition coefficient (Wildman–Crippen LogP) is 2.94. The molecular weight excluding hydrogens is 320 g/mol. The van der Waals surface area contributed by atoms with Gasteiger partial charge in [-0.3, -0.25) is 9.59 Å². The van der Waals surface area contributed by atoms with E-state index in [0.717, 1.165) is 11.1 Å². The summed E-state index contributed by atoms with van der Waals surface area (Å²) in [6.45, 7) is 3.69. The van der Waals surface area contributed by atoms with E-state index in [9.17, 15) is 24.9 Å². The minimum atomic E-state index is -1.31. The second kappa shape index (κ2) is 5.04. The summed E-state index contributed by atoms with van der Waals surface area (Å²) in [5, 5.41) is 31.0. The molecule has 3 N–H and O–H groups in total. The number of carbonyl (C=O) groups excluding carboxylic acids is 2. The maximum absolute atomic E-state index is 13.0. The van der Waals surface area contributed by atoms with Gasteiger partial charge >= 0.3 is 0 Å². The van der Waals surface area contributed by atoms with Gasteiger partial charge < -0.3 is 15.3 Å². The van der Waals surface area contributed by atoms with Crippen molar-refractivity contribution in [3.8, 4) is 0 Å². The van der Waals surface area contributed by atoms with Gasteiger partial charge in [0.15, 0.2) is 11.6 Å². The van der Waals surface area contributed by atoms with Crippen molar-refractivity contribution in [2.45, 2.75) is 26.4 Å². The molecule has 126 valence electrons. The van der Waals surface area contributed by atoms with Crippen molar-refractivity contribution >= 4 is 11.6 Å². The Bertz CT molecular complexity index is 1000. The van der Waals surface area contributed by atoms with Crippen LogP contribution >= 0.6 is 0 Å². The second-order valence-electron chi connectivity index (χ2n) is 6.59. The van der Waals surface area contributed by atoms with E-state index < -0.39 is 17.7 Å². The molecule has 4 rings (SSSR count). The van der Waals surface area contributed by atoms with Gasteiger partial charge in [0.05, 0.1) is 11.3 Å². The van der Waals surface area contributed by atoms with Crippen LogP contribution < -0.4 is 0 Å². The third-order valence-electron chi connectivity index (χ3n) is 5.08. The van der Waals surface area contributed by atoms with Crippen LogP contribution in [-0.4, -0.2) is 33.0 Å². The predicted molar refractivity (Wildman–Crippen MR) is 90.7 cm³/mol. The number of aliphatic hydroxyl groups excluding tert-OH is 3. The van der Waals surface area contributed by atoms with Crippen LogP contribution in [0.3, 0.4) is 0 Å². The normalized spacial score (nSPS) is 22.3. The minimum absolute atomic E-state index is 0.0167. The Morgan fingerprint density at radius 3 is 2.24 bits per heavy atom. The molecule has 25 heavy (non-hydrogen) atoms. The average Bonchev–Trinajstić information content (AvgIpc) is 2.57. The van der Waals surface area contributed by atoms with E-state index in [1.54, 1.807) is 18.2 Å². The largest absolute Gasteiger partial charge is 0.512 e. The zero-order valence-corrected chi connectivity index (χ0v) is 13.8. The van der Waals surface area contributed by atoms with E-state index in [-0.39, 0.29) is 45.8 Å². The van der Waals surface area contributed by atoms with E-state index >= 15 is 0 Å². The first-order chi connectivity index (χ1) is 11.8. The molecular formula is C20H16O5. The number of rotatable bonds is 0. The summed E-state index contributed by atoms with van der Waals surface area (Å²) < 4.78 is 0. The first-order valence-corrected chi connectivity index (χ1v) is 7.97. The van der Waals surface area contributed by atoms with Crippen LogP contribution in [0.15, 0.2) is 58.1 Å². The molecule has 0 radical (unpaired) electrons. The van der Waals surface area contributed by atoms with Gasteiger partial charge in [-0.05, 0) is 48.8 Å². The number of ketones is 2. The molecule has 3 aliphatic rings. The van der Waals surface area contributed by atoms with E-state index in [1.165, 1.54) is 6.08 Å². The van der Waals surface area contributed by atoms with Gasteiger partial charge in [0.1, 0.15) is 11.9 Å². The molecule has 0 heterocycles. The Morgan fingerprint density at radius 2 is 1.60 bits per heavy atom. The molecule has 3 aliphatic carbocycles. The highest BCUT2D eigenvalue weighted by Gasteiger charge is 2.43. The van der Waals surface area contributed by atoms with Gasteiger partial charge in [0.2, 0.25) is 0 Å². The SMILES string of the molecule is Cc1cc2c(cc1C)C(=O)C1=C(C2=O)C(O)=C2C=C(O)CC=C2C1O. The van der Waals surface area contributed by atoms with E-state index in [1.807, 2.05) is 13.8 Å². The number of carbonyl (C=O) groups is 2. The standard InChI is InChI=1S/C20H16O5/c1-8-5-12-13(6-9(8)2)19(24)16-15(18(12)23)17(22)11-4-3-10(21)7-14(11)20(16)25/h4-7,17,21-22,25H,3H2,1-2H3. The smallest absolute Gasteiger partial charge is 0.198 e. The number of hydrogen-bond donors (Lipinski definition) is 3. The summed E-state index contributed by atoms with van der Waals surface area (Å²) >= 11 is 0. The monoisotopic (exact) mass is 336 g/mol. The zero-order valence-electron chi connectivity index (χ0n) is 13.8. The van der Waals surface area contributed by atoms with Crippen LogP contribution in [0.2, 0.25) is 0 Å². The highest BCUT2D eigenvalue weighted by Crippen LogP contribution is 2.42. The Kier molecular flexibility index (Phi) is 3.14. The molecule has 5 nitrogen and oxygen atoms in total. The van der Waals surface area contributed by atoms with Crippen molar-refractivity contribution in [1.82, 2.24) is 0 Å². The zero-order chi connectivity index (χ0) is 18.0. The van der Waals surface area contributed by atoms with E-state index in [2.05, 4.69) is 0 Å². The molecule has 1 aromatic rings. The van der Waals surface area contributed by atoms with Crippen LogP contribution in [0.4, 0.5) is 0 Å². The number of aliphatic hydroxyl groups is 3. The maximum Gasteiger partial charge on any atom is 0.198 e. The molecule has 1 aromatic carbocycles. The van der Waals surface area contributed by atoms with Gasteiger partial charge in [0.25, 0.3) is 0 Å². The average molecular weight is 336 g/mol. The summed E-state index contributed by atoms with van der Waals surface area (Å²) in [5.41, 5.74) is 2.46. The fourth-order valence-corrected chi connectivity index (χ4v) is 3.59. The fourth-order valence-electron chi connectivity index (χ4n) is 3.59. The third-order valence-corrected chi connectivity index (χ3v) is 5.08. The van der Waals surface area contributed by atoms with Crippen molar-refractivity contribution in [2.24, 2.45) is 0 Å². The Morgan fingerprint density at radius 1 is 1.00 bits per heavy atom. The Hall–Kier alpha value is -2.92. The second-order valence-corrected chi connectivity index (χ2v) is 6.59. The van der Waals surface area contributed by atoms with E-state index in [4.69, 9.17) is 0 Å². The lowest BCUT2D eigenvalue weighted by atomic mass is 9.72. The van der Waals surface area contributed by atoms with Crippen LogP contribution in [0.25, 0.3) is 0 Å². The molecule has 0 spiro atoms. The summed E-state index contributed by atoms with van der Waals surface area (Å²) in [6, 6.07) is 3.29. The van der Waals surface area contributed by atoms with Crippen molar-refractivity contribution in [2.75, 3.05) is 0 Å². The lowest BCUT2D eigenvalue weighted by molar-refractivity contribution is 0.0941. The third kappa shape index (κ3) is 1.99. The molecule has 1 atom stereocenters. The number of aryl methyl sites for hydroxylation is 2. The quantitative estimate of drug-likeness (QED) is 0.677. The molecule has 1 unspecified atom stereocenters. The first kappa shape index (κ1) is 15.6. The topological polar surface area (TPSA) is 94.8 Å². The van der Waals surface area contributed by atoms with Gasteiger partial charge in [-0.15, -0.1) is 0 Å². The molecule has 0 fully saturated rings. The Labute approximate surface area is 143 Å². The van der Waals surface area contributed by atoms with Crippen LogP contribution in [-0.2, 0) is 0 Å². The van der Waals surface area contributed by atoms with Gasteiger partial charge in [-0.2, -0.15) is 0 Å². The number of fused-ring (bicyclic) bond motifs is 2. The minimum Gasteiger partial charge on any atom is -0.512 e. The summed E-state index contributed by atoms with van der Waals surface area (Å²) in [7, 11) is 0. The molecule has 0 amide bonds. The number of allylic oxidation sites excluding steroid dienone is 3. The number of hydrogen-bond acceptors (Lipinski definition) is 5. The van der Waals surface area contributed by atoms with Crippen LogP contribution in [0.5, 0.6) is 0 Å². The van der Waals surface area contributed by atoms with E-state index in [0.29, 0.717) is 5.57 Å². The summed E-state index contributed by atoms with van der Waals surface area (Å²) in [6.07, 6.45) is 1.77. The van der Waals surface area contributed by atoms with Crippen molar-refractivity contribution < 1.29 is 24.9 Å². The lowest BCUT2D eigenvalue weighted by Gasteiger charge is -2.32. The van der Waals surface area contributed by atoms with Crippen LogP contribution in [0.1, 0.15) is 38.3 Å². The highest BCUT2D eigenvalue weighted by molar-refractivity contribution is 6.29. The molecule has 0 aliphatic heterocycles. The van der Waals surface area contributed by atoms with Crippen LogP contribution in [0, 0.1) is 13.8 Å². The van der Waals surface area contributed by atoms with Crippen molar-refractivity contribution in [3.05, 3.63) is 80.3 Å². The lowest BCUT2D eigenvalue weighted by Crippen LogP contribution is -2.35. The summed E-state index contributed by atoms with van der Waals surface area (Å²) in [4.78, 5) is 25.9. The fraction of sp³-hybridized carbons (Fsp3) is 0.200. The molecule has 0 saturated carbocycles. The molecule has 0 aromatic heterocycles. The highest BCUT2D eigenvalue weighted by atomic mass is 16.3. The van der Waals surface area contributed by atoms with Gasteiger partial charge in [-0.1, -0.05) is 6.08 Å². The van der Waals surface area contributed by atoms with Gasteiger partial charge in [0, 0.05) is 28.7 Å². The maximum atomic E-state index is 13.0.